The number of nitrogens with zero attached hydrogens (tertiary/aromatic N) is 2. The van der Waals surface area contributed by atoms with E-state index in [9.17, 15) is 14.4 Å². The second-order valence-electron chi connectivity index (χ2n) is 6.99. The minimum Gasteiger partial charge on any atom is -0.324 e. The van der Waals surface area contributed by atoms with Crippen LogP contribution in [0.5, 0.6) is 0 Å². The first-order valence-electron chi connectivity index (χ1n) is 9.21. The van der Waals surface area contributed by atoms with Gasteiger partial charge in [0.1, 0.15) is 11.2 Å². The zero-order chi connectivity index (χ0) is 21.4. The highest BCUT2D eigenvalue weighted by molar-refractivity contribution is 7.17. The summed E-state index contributed by atoms with van der Waals surface area (Å²) in [6.07, 6.45) is 0. The molecular formula is C22H18ClN3O3S. The van der Waals surface area contributed by atoms with Gasteiger partial charge in [-0.2, -0.15) is 0 Å². The second-order valence-corrected chi connectivity index (χ2v) is 8.34. The molecule has 30 heavy (non-hydrogen) atoms. The van der Waals surface area contributed by atoms with Crippen LogP contribution in [0.3, 0.4) is 0 Å². The highest BCUT2D eigenvalue weighted by Gasteiger charge is 2.18. The summed E-state index contributed by atoms with van der Waals surface area (Å²) in [4.78, 5) is 39.0. The van der Waals surface area contributed by atoms with E-state index >= 15 is 0 Å². The van der Waals surface area contributed by atoms with Gasteiger partial charge in [-0.05, 0) is 60.7 Å². The number of amides is 1. The molecule has 0 saturated heterocycles. The van der Waals surface area contributed by atoms with Crippen LogP contribution in [-0.2, 0) is 11.3 Å². The molecule has 0 aliphatic heterocycles. The topological polar surface area (TPSA) is 73.1 Å². The van der Waals surface area contributed by atoms with Crippen molar-refractivity contribution in [1.82, 2.24) is 9.13 Å². The van der Waals surface area contributed by atoms with Crippen LogP contribution in [0.2, 0.25) is 5.02 Å². The minimum atomic E-state index is -0.561. The molecule has 2 aromatic heterocycles. The summed E-state index contributed by atoms with van der Waals surface area (Å²) in [5.41, 5.74) is 2.31. The van der Waals surface area contributed by atoms with Crippen molar-refractivity contribution < 1.29 is 4.79 Å². The molecule has 6 nitrogen and oxygen atoms in total. The number of hydrogen-bond donors (Lipinski definition) is 1. The molecule has 1 N–H and O–H groups in total. The molecule has 8 heteroatoms. The van der Waals surface area contributed by atoms with Crippen molar-refractivity contribution in [2.75, 3.05) is 5.32 Å². The molecule has 0 spiro atoms. The van der Waals surface area contributed by atoms with Gasteiger partial charge >= 0.3 is 5.69 Å². The van der Waals surface area contributed by atoms with E-state index in [1.54, 1.807) is 47.8 Å². The fourth-order valence-corrected chi connectivity index (χ4v) is 4.29. The number of hydrogen-bond acceptors (Lipinski definition) is 4. The third-order valence-corrected chi connectivity index (χ3v) is 5.92. The van der Waals surface area contributed by atoms with Gasteiger partial charge < -0.3 is 5.32 Å². The fraction of sp³-hybridized carbons (Fsp3) is 0.136. The molecule has 1 amide bonds. The summed E-state index contributed by atoms with van der Waals surface area (Å²) in [5.74, 6) is -0.385. The predicted octanol–water partition coefficient (Wildman–Crippen LogP) is 4.12. The van der Waals surface area contributed by atoms with Crippen LogP contribution in [0.1, 0.15) is 11.1 Å². The first-order valence-corrected chi connectivity index (χ1v) is 10.5. The number of carbonyl (C=O) groups excluding carboxylic acids is 1. The second kappa shape index (κ2) is 7.93. The van der Waals surface area contributed by atoms with Crippen LogP contribution < -0.4 is 16.6 Å². The van der Waals surface area contributed by atoms with Crippen molar-refractivity contribution in [1.29, 1.82) is 0 Å². The van der Waals surface area contributed by atoms with Crippen LogP contribution in [0, 0.1) is 13.8 Å². The van der Waals surface area contributed by atoms with Gasteiger partial charge in [0.25, 0.3) is 5.56 Å². The quantitative estimate of drug-likeness (QED) is 0.519. The van der Waals surface area contributed by atoms with Crippen molar-refractivity contribution in [2.24, 2.45) is 0 Å². The Morgan fingerprint density at radius 2 is 1.90 bits per heavy atom. The van der Waals surface area contributed by atoms with E-state index in [1.165, 1.54) is 15.9 Å². The number of nitrogens with one attached hydrogen (secondary N) is 1. The van der Waals surface area contributed by atoms with Gasteiger partial charge in [-0.1, -0.05) is 29.8 Å². The molecule has 0 bridgehead atoms. The van der Waals surface area contributed by atoms with Gasteiger partial charge in [0.2, 0.25) is 5.91 Å². The first kappa shape index (κ1) is 20.1. The molecule has 0 aliphatic carbocycles. The Balaban J connectivity index is 1.80. The summed E-state index contributed by atoms with van der Waals surface area (Å²) in [7, 11) is 0. The van der Waals surface area contributed by atoms with Crippen molar-refractivity contribution in [3.05, 3.63) is 90.9 Å². The number of fused-ring (bicyclic) bond motifs is 1. The monoisotopic (exact) mass is 439 g/mol. The third kappa shape index (κ3) is 3.69. The molecule has 4 aromatic rings. The van der Waals surface area contributed by atoms with Crippen LogP contribution in [0.15, 0.2) is 63.5 Å². The summed E-state index contributed by atoms with van der Waals surface area (Å²) in [5, 5.41) is 5.04. The number of aryl methyl sites for hydroxylation is 2. The Labute approximate surface area is 181 Å². The van der Waals surface area contributed by atoms with Gasteiger partial charge in [0.15, 0.2) is 0 Å². The molecular weight excluding hydrogens is 422 g/mol. The molecule has 2 heterocycles. The summed E-state index contributed by atoms with van der Waals surface area (Å²) < 4.78 is 2.86. The van der Waals surface area contributed by atoms with Gasteiger partial charge in [-0.3, -0.25) is 14.2 Å². The Morgan fingerprint density at radius 3 is 2.67 bits per heavy atom. The van der Waals surface area contributed by atoms with Crippen molar-refractivity contribution in [3.8, 4) is 5.69 Å². The van der Waals surface area contributed by atoms with Crippen LogP contribution in [-0.4, -0.2) is 15.0 Å². The molecule has 0 unspecified atom stereocenters. The molecule has 0 radical (unpaired) electrons. The Bertz CT molecular complexity index is 1400. The number of anilines is 1. The average Bonchev–Trinajstić information content (AvgIpc) is 3.18. The van der Waals surface area contributed by atoms with Crippen LogP contribution in [0.25, 0.3) is 15.9 Å². The number of thiophene rings is 1. The highest BCUT2D eigenvalue weighted by atomic mass is 35.5. The van der Waals surface area contributed by atoms with Crippen molar-refractivity contribution in [3.63, 3.8) is 0 Å². The lowest BCUT2D eigenvalue weighted by molar-refractivity contribution is -0.116. The lowest BCUT2D eigenvalue weighted by Gasteiger charge is -2.13. The molecule has 2 aromatic carbocycles. The van der Waals surface area contributed by atoms with E-state index in [1.807, 2.05) is 19.9 Å². The molecule has 0 saturated carbocycles. The Kier molecular flexibility index (Phi) is 5.32. The Morgan fingerprint density at radius 1 is 1.10 bits per heavy atom. The zero-order valence-electron chi connectivity index (χ0n) is 16.3. The minimum absolute atomic E-state index is 0.232. The smallest absolute Gasteiger partial charge is 0.324 e. The molecule has 0 fully saturated rings. The highest BCUT2D eigenvalue weighted by Crippen LogP contribution is 2.21. The van der Waals surface area contributed by atoms with Crippen molar-refractivity contribution >= 4 is 44.7 Å². The van der Waals surface area contributed by atoms with Gasteiger partial charge in [-0.25, -0.2) is 9.36 Å². The normalized spacial score (nSPS) is 11.0. The maximum atomic E-state index is 13.3. The van der Waals surface area contributed by atoms with E-state index < -0.39 is 11.2 Å². The number of halogens is 1. The van der Waals surface area contributed by atoms with E-state index in [0.29, 0.717) is 26.6 Å². The number of rotatable bonds is 4. The van der Waals surface area contributed by atoms with E-state index in [2.05, 4.69) is 5.32 Å². The molecule has 4 rings (SSSR count). The first-order chi connectivity index (χ1) is 14.3. The summed E-state index contributed by atoms with van der Waals surface area (Å²) in [6, 6.07) is 14.0. The predicted molar refractivity (Wildman–Crippen MR) is 121 cm³/mol. The van der Waals surface area contributed by atoms with Crippen LogP contribution in [0.4, 0.5) is 5.69 Å². The maximum Gasteiger partial charge on any atom is 0.336 e. The SMILES string of the molecule is Cc1cccc(-n2c(=O)c3sccc3n(CC(=O)Nc3cc(Cl)ccc3C)c2=O)c1. The van der Waals surface area contributed by atoms with Gasteiger partial charge in [-0.15, -0.1) is 11.3 Å². The summed E-state index contributed by atoms with van der Waals surface area (Å²) in [6.45, 7) is 3.51. The Hall–Kier alpha value is -3.16. The van der Waals surface area contributed by atoms with E-state index in [-0.39, 0.29) is 12.5 Å². The lowest BCUT2D eigenvalue weighted by atomic mass is 10.2. The third-order valence-electron chi connectivity index (χ3n) is 4.79. The number of aromatic nitrogens is 2. The average molecular weight is 440 g/mol. The molecule has 0 atom stereocenters. The zero-order valence-corrected chi connectivity index (χ0v) is 17.9. The molecule has 152 valence electrons. The lowest BCUT2D eigenvalue weighted by Crippen LogP contribution is -2.40. The van der Waals surface area contributed by atoms with E-state index in [4.69, 9.17) is 11.6 Å². The number of benzene rings is 2. The molecule has 0 aliphatic rings. The van der Waals surface area contributed by atoms with Crippen molar-refractivity contribution in [2.45, 2.75) is 20.4 Å². The van der Waals surface area contributed by atoms with Gasteiger partial charge in [0.05, 0.1) is 11.2 Å². The number of carbonyl (C=O) groups is 1. The van der Waals surface area contributed by atoms with Crippen LogP contribution >= 0.6 is 22.9 Å². The van der Waals surface area contributed by atoms with E-state index in [0.717, 1.165) is 15.7 Å². The summed E-state index contributed by atoms with van der Waals surface area (Å²) >= 11 is 7.27. The fourth-order valence-electron chi connectivity index (χ4n) is 3.30. The largest absolute Gasteiger partial charge is 0.336 e. The maximum absolute atomic E-state index is 13.3. The van der Waals surface area contributed by atoms with Gasteiger partial charge in [0, 0.05) is 10.7 Å². The standard InChI is InChI=1S/C22H18ClN3O3S/c1-13-4-3-5-16(10-13)26-21(28)20-18(8-9-30-20)25(22(26)29)12-19(27)24-17-11-15(23)7-6-14(17)2/h3-11H,12H2,1-2H3,(H,24,27).